The molecule has 0 saturated carbocycles. The molecule has 0 atom stereocenters. The number of nitrogens with zero attached hydrogens (tertiary/aromatic N) is 4. The molecule has 2 aromatic heterocycles. The fourth-order valence-corrected chi connectivity index (χ4v) is 2.58. The van der Waals surface area contributed by atoms with Crippen LogP contribution in [0.15, 0.2) is 18.6 Å². The second-order valence-corrected chi connectivity index (χ2v) is 5.70. The predicted octanol–water partition coefficient (Wildman–Crippen LogP) is 2.43. The van der Waals surface area contributed by atoms with Crippen molar-refractivity contribution in [2.24, 2.45) is 0 Å². The minimum absolute atomic E-state index is 0.0428. The van der Waals surface area contributed by atoms with Gasteiger partial charge >= 0.3 is 0 Å². The predicted molar refractivity (Wildman–Crippen MR) is 75.2 cm³/mol. The fraction of sp³-hybridized carbons (Fsp3) is 0.385. The first-order valence-corrected chi connectivity index (χ1v) is 6.81. The summed E-state index contributed by atoms with van der Waals surface area (Å²) in [5.74, 6) is 0.222. The highest BCUT2D eigenvalue weighted by Gasteiger charge is 2.17. The molecule has 19 heavy (non-hydrogen) atoms. The van der Waals surface area contributed by atoms with Crippen LogP contribution in [0.5, 0.6) is 0 Å². The van der Waals surface area contributed by atoms with E-state index in [0.29, 0.717) is 4.88 Å². The topological polar surface area (TPSA) is 59.0 Å². The zero-order chi connectivity index (χ0) is 14.0. The van der Waals surface area contributed by atoms with Crippen molar-refractivity contribution in [2.75, 3.05) is 14.1 Å². The average Bonchev–Trinajstić information content (AvgIpc) is 2.87. The highest BCUT2D eigenvalue weighted by atomic mass is 32.1. The molecule has 0 bridgehead atoms. The van der Waals surface area contributed by atoms with Gasteiger partial charge in [0, 0.05) is 26.5 Å². The SMILES string of the molecule is CC(C)c1nccnc1-c1ncc(C(=O)N(C)C)s1. The van der Waals surface area contributed by atoms with E-state index in [9.17, 15) is 4.79 Å². The minimum atomic E-state index is -0.0428. The van der Waals surface area contributed by atoms with Crippen LogP contribution in [-0.2, 0) is 0 Å². The maximum absolute atomic E-state index is 11.9. The summed E-state index contributed by atoms with van der Waals surface area (Å²) < 4.78 is 0. The minimum Gasteiger partial charge on any atom is -0.344 e. The molecule has 2 aromatic rings. The molecule has 0 radical (unpaired) electrons. The Morgan fingerprint density at radius 3 is 2.53 bits per heavy atom. The maximum Gasteiger partial charge on any atom is 0.265 e. The molecule has 2 heterocycles. The molecule has 0 N–H and O–H groups in total. The summed E-state index contributed by atoms with van der Waals surface area (Å²) in [6.07, 6.45) is 4.93. The lowest BCUT2D eigenvalue weighted by Gasteiger charge is -2.08. The largest absolute Gasteiger partial charge is 0.344 e. The molecule has 0 aliphatic heterocycles. The highest BCUT2D eigenvalue weighted by Crippen LogP contribution is 2.29. The van der Waals surface area contributed by atoms with E-state index >= 15 is 0 Å². The summed E-state index contributed by atoms with van der Waals surface area (Å²) in [6, 6.07) is 0. The Hall–Kier alpha value is -1.82. The normalized spacial score (nSPS) is 10.8. The number of amides is 1. The van der Waals surface area contributed by atoms with E-state index < -0.39 is 0 Å². The van der Waals surface area contributed by atoms with Gasteiger partial charge in [0.05, 0.1) is 11.9 Å². The van der Waals surface area contributed by atoms with Crippen LogP contribution in [0.3, 0.4) is 0 Å². The van der Waals surface area contributed by atoms with Gasteiger partial charge in [0.2, 0.25) is 0 Å². The van der Waals surface area contributed by atoms with E-state index in [1.165, 1.54) is 16.2 Å². The summed E-state index contributed by atoms with van der Waals surface area (Å²) in [4.78, 5) is 27.0. The number of rotatable bonds is 3. The molecular weight excluding hydrogens is 260 g/mol. The Morgan fingerprint density at radius 1 is 1.21 bits per heavy atom. The van der Waals surface area contributed by atoms with Gasteiger partial charge in [-0.3, -0.25) is 14.8 Å². The third kappa shape index (κ3) is 2.78. The van der Waals surface area contributed by atoms with Gasteiger partial charge in [-0.25, -0.2) is 4.98 Å². The first kappa shape index (κ1) is 13.6. The number of carbonyl (C=O) groups is 1. The van der Waals surface area contributed by atoms with Gasteiger partial charge in [-0.05, 0) is 5.92 Å². The number of carbonyl (C=O) groups excluding carboxylic acids is 1. The first-order chi connectivity index (χ1) is 9.00. The molecular formula is C13H16N4OS. The highest BCUT2D eigenvalue weighted by molar-refractivity contribution is 7.16. The van der Waals surface area contributed by atoms with Crippen molar-refractivity contribution >= 4 is 17.2 Å². The first-order valence-electron chi connectivity index (χ1n) is 5.99. The van der Waals surface area contributed by atoms with Crippen LogP contribution in [0.4, 0.5) is 0 Å². The molecule has 0 unspecified atom stereocenters. The van der Waals surface area contributed by atoms with Crippen LogP contribution in [-0.4, -0.2) is 39.9 Å². The number of hydrogen-bond acceptors (Lipinski definition) is 5. The molecule has 0 spiro atoms. The van der Waals surface area contributed by atoms with Crippen LogP contribution >= 0.6 is 11.3 Å². The Bertz CT molecular complexity index is 592. The monoisotopic (exact) mass is 276 g/mol. The van der Waals surface area contributed by atoms with Crippen LogP contribution < -0.4 is 0 Å². The molecule has 0 aromatic carbocycles. The lowest BCUT2D eigenvalue weighted by Crippen LogP contribution is -2.20. The van der Waals surface area contributed by atoms with E-state index in [1.54, 1.807) is 32.7 Å². The molecule has 2 rings (SSSR count). The van der Waals surface area contributed by atoms with Gasteiger partial charge in [-0.15, -0.1) is 11.3 Å². The zero-order valence-corrected chi connectivity index (χ0v) is 12.2. The van der Waals surface area contributed by atoms with Crippen molar-refractivity contribution in [1.82, 2.24) is 19.9 Å². The van der Waals surface area contributed by atoms with Crippen LogP contribution in [0.2, 0.25) is 0 Å². The lowest BCUT2D eigenvalue weighted by atomic mass is 10.1. The molecule has 0 saturated heterocycles. The van der Waals surface area contributed by atoms with Crippen molar-refractivity contribution in [3.8, 4) is 10.7 Å². The van der Waals surface area contributed by atoms with E-state index in [-0.39, 0.29) is 11.8 Å². The molecule has 6 heteroatoms. The van der Waals surface area contributed by atoms with Crippen LogP contribution in [0.25, 0.3) is 10.7 Å². The van der Waals surface area contributed by atoms with Crippen molar-refractivity contribution in [2.45, 2.75) is 19.8 Å². The second-order valence-electron chi connectivity index (χ2n) is 4.67. The number of thiazole rings is 1. The Balaban J connectivity index is 2.41. The van der Waals surface area contributed by atoms with Crippen molar-refractivity contribution in [3.63, 3.8) is 0 Å². The summed E-state index contributed by atoms with van der Waals surface area (Å²) in [5.41, 5.74) is 1.67. The van der Waals surface area contributed by atoms with E-state index in [0.717, 1.165) is 16.4 Å². The second kappa shape index (κ2) is 5.44. The Labute approximate surface area is 116 Å². The summed E-state index contributed by atoms with van der Waals surface area (Å²) in [6.45, 7) is 4.13. The number of hydrogen-bond donors (Lipinski definition) is 0. The van der Waals surface area contributed by atoms with Gasteiger partial charge in [-0.1, -0.05) is 13.8 Å². The molecule has 100 valence electrons. The van der Waals surface area contributed by atoms with Gasteiger partial charge in [0.1, 0.15) is 15.6 Å². The van der Waals surface area contributed by atoms with E-state index in [4.69, 9.17) is 0 Å². The summed E-state index contributed by atoms with van der Waals surface area (Å²) in [5, 5.41) is 0.738. The van der Waals surface area contributed by atoms with Crippen molar-refractivity contribution < 1.29 is 4.79 Å². The standard InChI is InChI=1S/C13H16N4OS/c1-8(2)10-11(15-6-5-14-10)12-16-7-9(19-12)13(18)17(3)4/h5-8H,1-4H3. The maximum atomic E-state index is 11.9. The zero-order valence-electron chi connectivity index (χ0n) is 11.4. The van der Waals surface area contributed by atoms with E-state index in [1.807, 2.05) is 0 Å². The molecule has 0 aliphatic carbocycles. The average molecular weight is 276 g/mol. The molecule has 1 amide bonds. The lowest BCUT2D eigenvalue weighted by molar-refractivity contribution is 0.0832. The summed E-state index contributed by atoms with van der Waals surface area (Å²) >= 11 is 1.35. The van der Waals surface area contributed by atoms with Gasteiger partial charge in [0.15, 0.2) is 0 Å². The van der Waals surface area contributed by atoms with Crippen molar-refractivity contribution in [3.05, 3.63) is 29.2 Å². The third-order valence-corrected chi connectivity index (χ3v) is 3.59. The van der Waals surface area contributed by atoms with Crippen LogP contribution in [0, 0.1) is 0 Å². The quantitative estimate of drug-likeness (QED) is 0.864. The van der Waals surface area contributed by atoms with Gasteiger partial charge in [0.25, 0.3) is 5.91 Å². The van der Waals surface area contributed by atoms with Crippen molar-refractivity contribution in [1.29, 1.82) is 0 Å². The Kier molecular flexibility index (Phi) is 3.90. The van der Waals surface area contributed by atoms with Crippen LogP contribution in [0.1, 0.15) is 35.1 Å². The van der Waals surface area contributed by atoms with E-state index in [2.05, 4.69) is 28.8 Å². The van der Waals surface area contributed by atoms with Gasteiger partial charge < -0.3 is 4.90 Å². The Morgan fingerprint density at radius 2 is 1.89 bits per heavy atom. The fourth-order valence-electron chi connectivity index (χ4n) is 1.64. The molecule has 0 fully saturated rings. The molecule has 0 aliphatic rings. The number of aromatic nitrogens is 3. The molecule has 5 nitrogen and oxygen atoms in total. The third-order valence-electron chi connectivity index (χ3n) is 2.60. The summed E-state index contributed by atoms with van der Waals surface area (Å²) in [7, 11) is 3.45. The van der Waals surface area contributed by atoms with Gasteiger partial charge in [-0.2, -0.15) is 0 Å². The smallest absolute Gasteiger partial charge is 0.265 e.